The molecule has 1 saturated heterocycles. The van der Waals surface area contributed by atoms with Crippen molar-refractivity contribution in [3.63, 3.8) is 0 Å². The number of likely N-dealkylation sites (tertiary alicyclic amines) is 1. The lowest BCUT2D eigenvalue weighted by atomic mass is 9.95. The number of rotatable bonds is 3. The Labute approximate surface area is 122 Å². The van der Waals surface area contributed by atoms with Crippen molar-refractivity contribution < 1.29 is 15.1 Å². The highest BCUT2D eigenvalue weighted by molar-refractivity contribution is 5.88. The van der Waals surface area contributed by atoms with E-state index in [4.69, 9.17) is 0 Å². The molecule has 3 rings (SSSR count). The average Bonchev–Trinajstić information content (AvgIpc) is 2.69. The summed E-state index contributed by atoms with van der Waals surface area (Å²) in [6.45, 7) is 0.839. The second-order valence-corrected chi connectivity index (χ2v) is 4.89. The molecule has 0 aliphatic carbocycles. The van der Waals surface area contributed by atoms with Gasteiger partial charge in [0.25, 0.3) is 0 Å². The minimum Gasteiger partial charge on any atom is -0.412 e. The second kappa shape index (κ2) is 6.32. The monoisotopic (exact) mass is 287 g/mol. The van der Waals surface area contributed by atoms with Gasteiger partial charge in [0.05, 0.1) is 18.2 Å². The highest BCUT2D eigenvalue weighted by Gasteiger charge is 2.32. The maximum Gasteiger partial charge on any atom is 0.230 e. The molecule has 1 atom stereocenters. The van der Waals surface area contributed by atoms with Crippen molar-refractivity contribution in [2.75, 3.05) is 18.5 Å². The quantitative estimate of drug-likeness (QED) is 0.833. The number of nitrogens with one attached hydrogen (secondary N) is 1. The minimum absolute atomic E-state index is 0. The molecular weight excluding hydrogens is 270 g/mol. The zero-order valence-corrected chi connectivity index (χ0v) is 11.5. The number of hydrogen-bond acceptors (Lipinski definition) is 4. The summed E-state index contributed by atoms with van der Waals surface area (Å²) >= 11 is 0. The number of hydrazone groups is 1. The zero-order chi connectivity index (χ0) is 13.9. The number of allylic oxidation sites excluding steroid dienone is 1. The zero-order valence-electron chi connectivity index (χ0n) is 11.5. The van der Waals surface area contributed by atoms with E-state index < -0.39 is 0 Å². The Hall–Kier alpha value is -2.47. The number of benzene rings is 1. The third kappa shape index (κ3) is 2.85. The van der Waals surface area contributed by atoms with Crippen LogP contribution in [0.4, 0.5) is 5.69 Å². The van der Waals surface area contributed by atoms with Crippen LogP contribution in [-0.2, 0) is 9.59 Å². The fraction of sp³-hybridized carbons (Fsp3) is 0.267. The van der Waals surface area contributed by atoms with Gasteiger partial charge in [-0.25, -0.2) is 0 Å². The van der Waals surface area contributed by atoms with E-state index in [1.54, 1.807) is 11.1 Å². The van der Waals surface area contributed by atoms with E-state index in [-0.39, 0.29) is 23.8 Å². The van der Waals surface area contributed by atoms with Gasteiger partial charge in [-0.05, 0) is 35.8 Å². The molecule has 21 heavy (non-hydrogen) atoms. The lowest BCUT2D eigenvalue weighted by Crippen LogP contribution is -2.28. The first-order valence-corrected chi connectivity index (χ1v) is 6.61. The Bertz CT molecular complexity index is 610. The summed E-state index contributed by atoms with van der Waals surface area (Å²) in [4.78, 5) is 24.4. The van der Waals surface area contributed by atoms with Crippen molar-refractivity contribution in [2.45, 2.75) is 12.3 Å². The van der Waals surface area contributed by atoms with Crippen molar-refractivity contribution in [2.24, 2.45) is 5.10 Å². The average molecular weight is 287 g/mol. The van der Waals surface area contributed by atoms with E-state index in [0.29, 0.717) is 6.54 Å². The molecule has 0 saturated carbocycles. The highest BCUT2D eigenvalue weighted by Crippen LogP contribution is 2.31. The van der Waals surface area contributed by atoms with Gasteiger partial charge in [-0.2, -0.15) is 5.10 Å². The van der Waals surface area contributed by atoms with Crippen LogP contribution in [0.1, 0.15) is 23.5 Å². The third-order valence-corrected chi connectivity index (χ3v) is 3.69. The number of anilines is 1. The van der Waals surface area contributed by atoms with Gasteiger partial charge in [-0.1, -0.05) is 12.1 Å². The molecule has 1 unspecified atom stereocenters. The van der Waals surface area contributed by atoms with Gasteiger partial charge < -0.3 is 15.2 Å². The lowest BCUT2D eigenvalue weighted by molar-refractivity contribution is -0.130. The summed E-state index contributed by atoms with van der Waals surface area (Å²) in [6.07, 6.45) is 7.05. The third-order valence-electron chi connectivity index (χ3n) is 3.69. The lowest BCUT2D eigenvalue weighted by Gasteiger charge is -2.14. The normalized spacial score (nSPS) is 19.5. The van der Waals surface area contributed by atoms with E-state index in [1.807, 2.05) is 30.4 Å². The van der Waals surface area contributed by atoms with E-state index in [1.165, 1.54) is 0 Å². The largest absolute Gasteiger partial charge is 0.412 e. The summed E-state index contributed by atoms with van der Waals surface area (Å²) in [5.41, 5.74) is 5.88. The molecule has 1 aromatic rings. The number of hydrogen-bond donors (Lipinski definition) is 1. The van der Waals surface area contributed by atoms with Crippen LogP contribution in [-0.4, -0.2) is 41.9 Å². The topological polar surface area (TPSA) is 93.3 Å². The van der Waals surface area contributed by atoms with Gasteiger partial charge in [0.15, 0.2) is 0 Å². The van der Waals surface area contributed by atoms with Crippen LogP contribution in [0, 0.1) is 0 Å². The Kier molecular flexibility index (Phi) is 4.49. The fourth-order valence-electron chi connectivity index (χ4n) is 2.65. The van der Waals surface area contributed by atoms with Gasteiger partial charge >= 0.3 is 0 Å². The van der Waals surface area contributed by atoms with Crippen LogP contribution >= 0.6 is 0 Å². The standard InChI is InChI=1S/C15H15N3O2.H2O/c19-9-8-18-7-5-13(15(18)20)11-3-4-14-12(10-11)2-1-6-16-17-14;/h1-4,6,9-10,13,17H,5,7-8H2;1H2. The number of aldehydes is 1. The molecule has 1 fully saturated rings. The Balaban J connectivity index is 0.00000161. The van der Waals surface area contributed by atoms with Crippen LogP contribution in [0.5, 0.6) is 0 Å². The van der Waals surface area contributed by atoms with Crippen molar-refractivity contribution in [1.82, 2.24) is 4.90 Å². The number of carbonyl (C=O) groups excluding carboxylic acids is 2. The Morgan fingerprint density at radius 2 is 2.29 bits per heavy atom. The van der Waals surface area contributed by atoms with Gasteiger partial charge in [-0.15, -0.1) is 0 Å². The molecule has 2 aliphatic heterocycles. The number of carbonyl (C=O) groups is 2. The highest BCUT2D eigenvalue weighted by atomic mass is 16.2. The maximum atomic E-state index is 12.2. The summed E-state index contributed by atoms with van der Waals surface area (Å²) in [7, 11) is 0. The number of nitrogens with zero attached hydrogens (tertiary/aromatic N) is 2. The van der Waals surface area contributed by atoms with Gasteiger partial charge in [0.2, 0.25) is 5.91 Å². The second-order valence-electron chi connectivity index (χ2n) is 4.89. The van der Waals surface area contributed by atoms with E-state index in [0.717, 1.165) is 29.5 Å². The molecule has 1 amide bonds. The SMILES string of the molecule is O.O=CCN1CCC(c2ccc3c(c2)C=CC=NN3)C1=O. The van der Waals surface area contributed by atoms with Crippen molar-refractivity contribution >= 4 is 30.2 Å². The molecule has 0 aromatic heterocycles. The fourth-order valence-corrected chi connectivity index (χ4v) is 2.65. The minimum atomic E-state index is -0.141. The molecule has 0 spiro atoms. The molecule has 110 valence electrons. The van der Waals surface area contributed by atoms with Crippen LogP contribution in [0.3, 0.4) is 0 Å². The van der Waals surface area contributed by atoms with Gasteiger partial charge in [-0.3, -0.25) is 10.2 Å². The van der Waals surface area contributed by atoms with Gasteiger partial charge in [0.1, 0.15) is 6.29 Å². The van der Waals surface area contributed by atoms with Crippen LogP contribution in [0.25, 0.3) is 6.08 Å². The molecule has 0 radical (unpaired) electrons. The molecule has 3 N–H and O–H groups in total. The predicted octanol–water partition coefficient (Wildman–Crippen LogP) is 0.801. The van der Waals surface area contributed by atoms with Crippen molar-refractivity contribution in [3.8, 4) is 0 Å². The number of fused-ring (bicyclic) bond motifs is 1. The maximum absolute atomic E-state index is 12.2. The van der Waals surface area contributed by atoms with Crippen LogP contribution < -0.4 is 5.43 Å². The van der Waals surface area contributed by atoms with E-state index >= 15 is 0 Å². The first kappa shape index (κ1) is 14.9. The summed E-state index contributed by atoms with van der Waals surface area (Å²) < 4.78 is 0. The Morgan fingerprint density at radius 1 is 1.43 bits per heavy atom. The number of amides is 1. The first-order valence-electron chi connectivity index (χ1n) is 6.61. The van der Waals surface area contributed by atoms with Crippen molar-refractivity contribution in [1.29, 1.82) is 0 Å². The molecule has 2 heterocycles. The molecular formula is C15H17N3O3. The molecule has 1 aromatic carbocycles. The molecule has 0 bridgehead atoms. The van der Waals surface area contributed by atoms with Crippen molar-refractivity contribution in [3.05, 3.63) is 35.4 Å². The predicted molar refractivity (Wildman–Crippen MR) is 81.2 cm³/mol. The smallest absolute Gasteiger partial charge is 0.230 e. The Morgan fingerprint density at radius 3 is 3.10 bits per heavy atom. The molecule has 2 aliphatic rings. The van der Waals surface area contributed by atoms with Gasteiger partial charge in [0, 0.05) is 12.8 Å². The summed E-state index contributed by atoms with van der Waals surface area (Å²) in [6, 6.07) is 5.90. The molecule has 6 heteroatoms. The van der Waals surface area contributed by atoms with Crippen LogP contribution in [0.2, 0.25) is 0 Å². The molecule has 6 nitrogen and oxygen atoms in total. The first-order chi connectivity index (χ1) is 9.79. The summed E-state index contributed by atoms with van der Waals surface area (Å²) in [5.74, 6) is -0.100. The summed E-state index contributed by atoms with van der Waals surface area (Å²) in [5, 5.41) is 4.01. The van der Waals surface area contributed by atoms with E-state index in [9.17, 15) is 9.59 Å². The van der Waals surface area contributed by atoms with Crippen LogP contribution in [0.15, 0.2) is 29.4 Å². The van der Waals surface area contributed by atoms with E-state index in [2.05, 4.69) is 10.5 Å².